The van der Waals surface area contributed by atoms with Crippen molar-refractivity contribution in [2.75, 3.05) is 26.2 Å². The highest BCUT2D eigenvalue weighted by molar-refractivity contribution is 5.76. The van der Waals surface area contributed by atoms with E-state index in [4.69, 9.17) is 5.73 Å². The summed E-state index contributed by atoms with van der Waals surface area (Å²) in [6.07, 6.45) is 2.72. The number of rotatable bonds is 8. The number of hydrogen-bond acceptors (Lipinski definition) is 3. The third kappa shape index (κ3) is 5.59. The summed E-state index contributed by atoms with van der Waals surface area (Å²) >= 11 is 0. The molecule has 150 valence electrons. The van der Waals surface area contributed by atoms with Crippen LogP contribution in [0, 0.1) is 11.6 Å². The van der Waals surface area contributed by atoms with Gasteiger partial charge in [0.1, 0.15) is 11.6 Å². The van der Waals surface area contributed by atoms with E-state index >= 15 is 0 Å². The van der Waals surface area contributed by atoms with Crippen LogP contribution in [0.4, 0.5) is 8.78 Å². The molecule has 1 aliphatic heterocycles. The van der Waals surface area contributed by atoms with Gasteiger partial charge in [-0.2, -0.15) is 0 Å². The van der Waals surface area contributed by atoms with Crippen LogP contribution in [0.3, 0.4) is 0 Å². The molecule has 0 aromatic heterocycles. The molecule has 0 spiro atoms. The van der Waals surface area contributed by atoms with E-state index in [0.29, 0.717) is 0 Å². The lowest BCUT2D eigenvalue weighted by atomic mass is 9.86. The Morgan fingerprint density at radius 3 is 2.18 bits per heavy atom. The first-order chi connectivity index (χ1) is 13.5. The van der Waals surface area contributed by atoms with Crippen LogP contribution >= 0.6 is 0 Å². The Kier molecular flexibility index (Phi) is 7.12. The topological polar surface area (TPSA) is 58.4 Å². The molecule has 1 aliphatic rings. The molecule has 6 heteroatoms. The number of nitrogens with zero attached hydrogens (tertiary/aromatic N) is 1. The monoisotopic (exact) mass is 387 g/mol. The van der Waals surface area contributed by atoms with Crippen molar-refractivity contribution in [2.24, 2.45) is 5.73 Å². The quantitative estimate of drug-likeness (QED) is 0.732. The third-order valence-corrected chi connectivity index (χ3v) is 5.41. The molecular formula is C22H27F2N3O. The number of amides is 1. The molecule has 0 saturated carbocycles. The summed E-state index contributed by atoms with van der Waals surface area (Å²) in [5.41, 5.74) is 7.41. The second-order valence-corrected chi connectivity index (χ2v) is 7.38. The van der Waals surface area contributed by atoms with Crippen molar-refractivity contribution in [1.29, 1.82) is 0 Å². The first-order valence-corrected chi connectivity index (χ1v) is 9.77. The number of hydrogen-bond donors (Lipinski definition) is 2. The number of piperazine rings is 1. The van der Waals surface area contributed by atoms with Crippen LogP contribution in [-0.4, -0.2) is 43.0 Å². The van der Waals surface area contributed by atoms with Crippen LogP contribution in [0.15, 0.2) is 48.5 Å². The first-order valence-electron chi connectivity index (χ1n) is 9.77. The van der Waals surface area contributed by atoms with E-state index in [1.807, 2.05) is 0 Å². The molecule has 1 fully saturated rings. The van der Waals surface area contributed by atoms with Crippen molar-refractivity contribution < 1.29 is 13.6 Å². The van der Waals surface area contributed by atoms with Crippen molar-refractivity contribution in [3.63, 3.8) is 0 Å². The molecule has 1 heterocycles. The maximum Gasteiger partial charge on any atom is 0.231 e. The predicted molar refractivity (Wildman–Crippen MR) is 106 cm³/mol. The fraction of sp³-hybridized carbons (Fsp3) is 0.409. The summed E-state index contributed by atoms with van der Waals surface area (Å²) in [5.74, 6) is -0.765. The zero-order valence-electron chi connectivity index (χ0n) is 15.9. The largest absolute Gasteiger partial charge is 0.369 e. The zero-order chi connectivity index (χ0) is 19.9. The highest BCUT2D eigenvalue weighted by Crippen LogP contribution is 2.30. The second kappa shape index (κ2) is 9.75. The Hall–Kier alpha value is -2.31. The van der Waals surface area contributed by atoms with Gasteiger partial charge in [0, 0.05) is 31.6 Å². The minimum absolute atomic E-state index is 0.0716. The molecule has 1 atom stereocenters. The predicted octanol–water partition coefficient (Wildman–Crippen LogP) is 3.03. The van der Waals surface area contributed by atoms with Gasteiger partial charge in [-0.25, -0.2) is 8.78 Å². The van der Waals surface area contributed by atoms with Gasteiger partial charge in [-0.3, -0.25) is 9.69 Å². The van der Waals surface area contributed by atoms with E-state index in [2.05, 4.69) is 10.2 Å². The lowest BCUT2D eigenvalue weighted by molar-refractivity contribution is -0.119. The van der Waals surface area contributed by atoms with E-state index < -0.39 is 0 Å². The molecule has 0 radical (unpaired) electrons. The van der Waals surface area contributed by atoms with Crippen LogP contribution in [0.25, 0.3) is 0 Å². The van der Waals surface area contributed by atoms with E-state index in [-0.39, 0.29) is 36.0 Å². The molecule has 4 nitrogen and oxygen atoms in total. The molecule has 3 N–H and O–H groups in total. The maximum absolute atomic E-state index is 13.3. The molecule has 1 unspecified atom stereocenters. The van der Waals surface area contributed by atoms with Crippen molar-refractivity contribution in [2.45, 2.75) is 31.2 Å². The van der Waals surface area contributed by atoms with Crippen LogP contribution in [0.2, 0.25) is 0 Å². The third-order valence-electron chi connectivity index (χ3n) is 5.41. The Morgan fingerprint density at radius 1 is 1.07 bits per heavy atom. The summed E-state index contributed by atoms with van der Waals surface area (Å²) in [6.45, 7) is 2.79. The van der Waals surface area contributed by atoms with E-state index in [1.54, 1.807) is 24.3 Å². The number of nitrogens with two attached hydrogens (primary N) is 1. The number of carbonyl (C=O) groups is 1. The Balaban J connectivity index is 1.68. The molecule has 28 heavy (non-hydrogen) atoms. The highest BCUT2D eigenvalue weighted by atomic mass is 19.1. The smallest absolute Gasteiger partial charge is 0.231 e. The standard InChI is InChI=1S/C22H27F2N3O/c23-18-8-4-16(5-9-18)21(17-6-10-19(24)11-7-17)3-1-2-20-14-26-12-13-27(20)15-22(25)28/h4-11,20-21,26H,1-3,12-15H2,(H2,25,28). The molecule has 2 aromatic rings. The van der Waals surface area contributed by atoms with Crippen LogP contribution in [0.1, 0.15) is 36.3 Å². The fourth-order valence-electron chi connectivity index (χ4n) is 3.97. The molecule has 1 saturated heterocycles. The maximum atomic E-state index is 13.3. The van der Waals surface area contributed by atoms with Gasteiger partial charge < -0.3 is 11.1 Å². The Bertz CT molecular complexity index is 719. The van der Waals surface area contributed by atoms with Crippen LogP contribution in [-0.2, 0) is 4.79 Å². The van der Waals surface area contributed by atoms with E-state index in [0.717, 1.165) is 50.0 Å². The molecular weight excluding hydrogens is 360 g/mol. The van der Waals surface area contributed by atoms with Gasteiger partial charge in [-0.15, -0.1) is 0 Å². The molecule has 0 bridgehead atoms. The summed E-state index contributed by atoms with van der Waals surface area (Å²) < 4.78 is 26.7. The average molecular weight is 387 g/mol. The van der Waals surface area contributed by atoms with Gasteiger partial charge in [-0.05, 0) is 48.2 Å². The fourth-order valence-corrected chi connectivity index (χ4v) is 3.97. The SMILES string of the molecule is NC(=O)CN1CCNCC1CCCC(c1ccc(F)cc1)c1ccc(F)cc1. The van der Waals surface area contributed by atoms with Gasteiger partial charge in [0.25, 0.3) is 0 Å². The normalized spacial score (nSPS) is 17.8. The summed E-state index contributed by atoms with van der Waals surface area (Å²) in [6, 6.07) is 13.3. The molecule has 2 aromatic carbocycles. The summed E-state index contributed by atoms with van der Waals surface area (Å²) in [4.78, 5) is 13.5. The van der Waals surface area contributed by atoms with Crippen molar-refractivity contribution in [3.8, 4) is 0 Å². The highest BCUT2D eigenvalue weighted by Gasteiger charge is 2.24. The summed E-state index contributed by atoms with van der Waals surface area (Å²) in [7, 11) is 0. The molecule has 0 aliphatic carbocycles. The molecule has 3 rings (SSSR count). The average Bonchev–Trinajstić information content (AvgIpc) is 2.68. The number of nitrogens with one attached hydrogen (secondary N) is 1. The van der Waals surface area contributed by atoms with Gasteiger partial charge in [0.15, 0.2) is 0 Å². The number of halogens is 2. The van der Waals surface area contributed by atoms with Crippen molar-refractivity contribution in [3.05, 3.63) is 71.3 Å². The first kappa shape index (κ1) is 20.4. The minimum atomic E-state index is -0.303. The summed E-state index contributed by atoms with van der Waals surface area (Å²) in [5, 5.41) is 3.37. The van der Waals surface area contributed by atoms with Gasteiger partial charge >= 0.3 is 0 Å². The molecule has 1 amide bonds. The number of primary amides is 1. The van der Waals surface area contributed by atoms with Crippen molar-refractivity contribution >= 4 is 5.91 Å². The van der Waals surface area contributed by atoms with Crippen molar-refractivity contribution in [1.82, 2.24) is 10.2 Å². The van der Waals surface area contributed by atoms with Gasteiger partial charge in [0.2, 0.25) is 5.91 Å². The Labute approximate surface area is 164 Å². The number of carbonyl (C=O) groups excluding carboxylic acids is 1. The van der Waals surface area contributed by atoms with E-state index in [1.165, 1.54) is 24.3 Å². The Morgan fingerprint density at radius 2 is 1.64 bits per heavy atom. The minimum Gasteiger partial charge on any atom is -0.369 e. The van der Waals surface area contributed by atoms with Gasteiger partial charge in [0.05, 0.1) is 6.54 Å². The second-order valence-electron chi connectivity index (χ2n) is 7.38. The van der Waals surface area contributed by atoms with Gasteiger partial charge in [-0.1, -0.05) is 30.7 Å². The lowest BCUT2D eigenvalue weighted by Gasteiger charge is -2.35. The van der Waals surface area contributed by atoms with E-state index in [9.17, 15) is 13.6 Å². The lowest BCUT2D eigenvalue weighted by Crippen LogP contribution is -2.53. The van der Waals surface area contributed by atoms with Crippen LogP contribution < -0.4 is 11.1 Å². The van der Waals surface area contributed by atoms with Crippen LogP contribution in [0.5, 0.6) is 0 Å². The number of benzene rings is 2. The zero-order valence-corrected chi connectivity index (χ0v) is 15.9.